The maximum Gasteiger partial charge on any atom is 0.0824 e. The molecular formula is C10H20O3. The van der Waals surface area contributed by atoms with Gasteiger partial charge in [0.2, 0.25) is 0 Å². The zero-order valence-electron chi connectivity index (χ0n) is 8.75. The molecule has 1 rings (SSSR count). The number of aliphatic hydroxyl groups excluding tert-OH is 1. The number of hydrogen-bond acceptors (Lipinski definition) is 3. The molecule has 3 nitrogen and oxygen atoms in total. The number of hydrogen-bond donors (Lipinski definition) is 1. The molecule has 1 aliphatic heterocycles. The quantitative estimate of drug-likeness (QED) is 0.723. The molecule has 1 N–H and O–H groups in total. The van der Waals surface area contributed by atoms with Crippen LogP contribution in [0.1, 0.15) is 27.2 Å². The second-order valence-electron chi connectivity index (χ2n) is 4.61. The predicted octanol–water partition coefficient (Wildman–Crippen LogP) is 1.20. The van der Waals surface area contributed by atoms with Gasteiger partial charge in [-0.2, -0.15) is 0 Å². The Morgan fingerprint density at radius 3 is 2.69 bits per heavy atom. The summed E-state index contributed by atoms with van der Waals surface area (Å²) in [6, 6.07) is 0. The Hall–Kier alpha value is -0.120. The molecule has 0 aromatic rings. The second kappa shape index (κ2) is 4.40. The SMILES string of the molecule is CC(C)(C)OCC(O)C1CCOC1. The van der Waals surface area contributed by atoms with Gasteiger partial charge in [-0.25, -0.2) is 0 Å². The molecular weight excluding hydrogens is 168 g/mol. The van der Waals surface area contributed by atoms with Crippen molar-refractivity contribution in [2.24, 2.45) is 5.92 Å². The zero-order valence-corrected chi connectivity index (χ0v) is 8.75. The van der Waals surface area contributed by atoms with E-state index in [1.807, 2.05) is 20.8 Å². The maximum atomic E-state index is 9.71. The van der Waals surface area contributed by atoms with Gasteiger partial charge in [-0.05, 0) is 27.2 Å². The lowest BCUT2D eigenvalue weighted by Crippen LogP contribution is -2.31. The fourth-order valence-electron chi connectivity index (χ4n) is 1.33. The van der Waals surface area contributed by atoms with E-state index in [9.17, 15) is 5.11 Å². The van der Waals surface area contributed by atoms with Crippen molar-refractivity contribution in [2.45, 2.75) is 38.9 Å². The molecule has 0 bridgehead atoms. The van der Waals surface area contributed by atoms with Gasteiger partial charge in [-0.1, -0.05) is 0 Å². The van der Waals surface area contributed by atoms with Crippen LogP contribution in [0, 0.1) is 5.92 Å². The standard InChI is InChI=1S/C10H20O3/c1-10(2,3)13-7-9(11)8-4-5-12-6-8/h8-9,11H,4-7H2,1-3H3. The van der Waals surface area contributed by atoms with E-state index in [-0.39, 0.29) is 17.6 Å². The van der Waals surface area contributed by atoms with Crippen molar-refractivity contribution in [2.75, 3.05) is 19.8 Å². The van der Waals surface area contributed by atoms with E-state index in [4.69, 9.17) is 9.47 Å². The predicted molar refractivity (Wildman–Crippen MR) is 50.6 cm³/mol. The molecule has 13 heavy (non-hydrogen) atoms. The third-order valence-electron chi connectivity index (χ3n) is 2.20. The summed E-state index contributed by atoms with van der Waals surface area (Å²) in [6.45, 7) is 7.84. The molecule has 0 aromatic heterocycles. The summed E-state index contributed by atoms with van der Waals surface area (Å²) < 4.78 is 10.7. The summed E-state index contributed by atoms with van der Waals surface area (Å²) >= 11 is 0. The van der Waals surface area contributed by atoms with Crippen molar-refractivity contribution in [3.8, 4) is 0 Å². The van der Waals surface area contributed by atoms with Crippen LogP contribution < -0.4 is 0 Å². The Morgan fingerprint density at radius 1 is 1.54 bits per heavy atom. The van der Waals surface area contributed by atoms with Gasteiger partial charge in [-0.3, -0.25) is 0 Å². The number of ether oxygens (including phenoxy) is 2. The minimum Gasteiger partial charge on any atom is -0.390 e. The van der Waals surface area contributed by atoms with Crippen molar-refractivity contribution in [1.82, 2.24) is 0 Å². The van der Waals surface area contributed by atoms with E-state index in [1.165, 1.54) is 0 Å². The van der Waals surface area contributed by atoms with Crippen molar-refractivity contribution < 1.29 is 14.6 Å². The molecule has 3 heteroatoms. The highest BCUT2D eigenvalue weighted by atomic mass is 16.5. The first-order chi connectivity index (χ1) is 5.99. The van der Waals surface area contributed by atoms with Gasteiger partial charge in [0.1, 0.15) is 0 Å². The Kier molecular flexibility index (Phi) is 3.71. The van der Waals surface area contributed by atoms with Gasteiger partial charge in [0, 0.05) is 12.5 Å². The molecule has 1 heterocycles. The van der Waals surface area contributed by atoms with E-state index in [1.54, 1.807) is 0 Å². The average Bonchev–Trinajstić information content (AvgIpc) is 2.50. The van der Waals surface area contributed by atoms with Gasteiger partial charge >= 0.3 is 0 Å². The van der Waals surface area contributed by atoms with Gasteiger partial charge in [-0.15, -0.1) is 0 Å². The summed E-state index contributed by atoms with van der Waals surface area (Å²) in [4.78, 5) is 0. The number of rotatable bonds is 3. The smallest absolute Gasteiger partial charge is 0.0824 e. The third kappa shape index (κ3) is 4.07. The van der Waals surface area contributed by atoms with Crippen LogP contribution in [0.3, 0.4) is 0 Å². The van der Waals surface area contributed by atoms with Crippen molar-refractivity contribution >= 4 is 0 Å². The highest BCUT2D eigenvalue weighted by Crippen LogP contribution is 2.18. The first-order valence-corrected chi connectivity index (χ1v) is 4.89. The molecule has 1 aliphatic rings. The van der Waals surface area contributed by atoms with Crippen LogP contribution in [-0.4, -0.2) is 36.6 Å². The van der Waals surface area contributed by atoms with Crippen LogP contribution in [0.25, 0.3) is 0 Å². The molecule has 0 amide bonds. The molecule has 78 valence electrons. The summed E-state index contributed by atoms with van der Waals surface area (Å²) in [7, 11) is 0. The van der Waals surface area contributed by atoms with Gasteiger partial charge < -0.3 is 14.6 Å². The topological polar surface area (TPSA) is 38.7 Å². The maximum absolute atomic E-state index is 9.71. The summed E-state index contributed by atoms with van der Waals surface area (Å²) in [5.74, 6) is 0.266. The number of aliphatic hydroxyl groups is 1. The Bertz CT molecular complexity index is 145. The van der Waals surface area contributed by atoms with Crippen molar-refractivity contribution in [1.29, 1.82) is 0 Å². The molecule has 0 spiro atoms. The molecule has 0 aliphatic carbocycles. The Labute approximate surface area is 80.0 Å². The van der Waals surface area contributed by atoms with E-state index < -0.39 is 0 Å². The minimum absolute atomic E-state index is 0.166. The van der Waals surface area contributed by atoms with Crippen LogP contribution in [-0.2, 0) is 9.47 Å². The van der Waals surface area contributed by atoms with Crippen molar-refractivity contribution in [3.05, 3.63) is 0 Å². The molecule has 2 atom stereocenters. The molecule has 0 saturated carbocycles. The lowest BCUT2D eigenvalue weighted by Gasteiger charge is -2.24. The van der Waals surface area contributed by atoms with Crippen LogP contribution in [0.15, 0.2) is 0 Å². The molecule has 0 radical (unpaired) electrons. The van der Waals surface area contributed by atoms with Crippen LogP contribution in [0.5, 0.6) is 0 Å². The van der Waals surface area contributed by atoms with Gasteiger partial charge in [0.05, 0.1) is 24.9 Å². The fraction of sp³-hybridized carbons (Fsp3) is 1.00. The fourth-order valence-corrected chi connectivity index (χ4v) is 1.33. The highest BCUT2D eigenvalue weighted by molar-refractivity contribution is 4.73. The monoisotopic (exact) mass is 188 g/mol. The lowest BCUT2D eigenvalue weighted by atomic mass is 10.0. The van der Waals surface area contributed by atoms with Crippen LogP contribution >= 0.6 is 0 Å². The third-order valence-corrected chi connectivity index (χ3v) is 2.20. The van der Waals surface area contributed by atoms with Crippen molar-refractivity contribution in [3.63, 3.8) is 0 Å². The molecule has 1 fully saturated rings. The molecule has 2 unspecified atom stereocenters. The first kappa shape index (κ1) is 11.0. The van der Waals surface area contributed by atoms with E-state index in [0.717, 1.165) is 13.0 Å². The van der Waals surface area contributed by atoms with Crippen LogP contribution in [0.4, 0.5) is 0 Å². The Morgan fingerprint density at radius 2 is 2.23 bits per heavy atom. The largest absolute Gasteiger partial charge is 0.390 e. The summed E-state index contributed by atoms with van der Waals surface area (Å²) in [6.07, 6.45) is 0.580. The Balaban J connectivity index is 2.20. The van der Waals surface area contributed by atoms with Gasteiger partial charge in [0.25, 0.3) is 0 Å². The van der Waals surface area contributed by atoms with E-state index >= 15 is 0 Å². The van der Waals surface area contributed by atoms with E-state index in [2.05, 4.69) is 0 Å². The molecule has 1 saturated heterocycles. The summed E-state index contributed by atoms with van der Waals surface area (Å²) in [5.41, 5.74) is -0.166. The highest BCUT2D eigenvalue weighted by Gasteiger charge is 2.25. The summed E-state index contributed by atoms with van der Waals surface area (Å²) in [5, 5.41) is 9.71. The van der Waals surface area contributed by atoms with Gasteiger partial charge in [0.15, 0.2) is 0 Å². The molecule has 0 aromatic carbocycles. The second-order valence-corrected chi connectivity index (χ2v) is 4.61. The van der Waals surface area contributed by atoms with Crippen LogP contribution in [0.2, 0.25) is 0 Å². The van der Waals surface area contributed by atoms with E-state index in [0.29, 0.717) is 13.2 Å². The average molecular weight is 188 g/mol. The lowest BCUT2D eigenvalue weighted by molar-refractivity contribution is -0.0649. The zero-order chi connectivity index (χ0) is 9.90. The minimum atomic E-state index is -0.373. The first-order valence-electron chi connectivity index (χ1n) is 4.89. The normalized spacial score (nSPS) is 26.3.